The fourth-order valence-corrected chi connectivity index (χ4v) is 4.10. The Labute approximate surface area is 195 Å². The molecule has 9 nitrogen and oxygen atoms in total. The van der Waals surface area contributed by atoms with E-state index in [9.17, 15) is 9.18 Å². The Morgan fingerprint density at radius 3 is 2.68 bits per heavy atom. The van der Waals surface area contributed by atoms with E-state index < -0.39 is 0 Å². The first-order valence-electron chi connectivity index (χ1n) is 11.1. The summed E-state index contributed by atoms with van der Waals surface area (Å²) < 4.78 is 23.6. The highest BCUT2D eigenvalue weighted by atomic mass is 19.1. The van der Waals surface area contributed by atoms with E-state index in [0.717, 1.165) is 0 Å². The Bertz CT molecular complexity index is 1310. The van der Waals surface area contributed by atoms with E-state index in [2.05, 4.69) is 25.6 Å². The molecule has 4 aromatic rings. The SMILES string of the molecule is CCOc1ccc(-c2nnc(C3CC(NC(=O)c4ccn(C)n4)C3)n2-c2ccccc2F)nc1. The summed E-state index contributed by atoms with van der Waals surface area (Å²) in [4.78, 5) is 16.9. The molecule has 34 heavy (non-hydrogen) atoms. The molecule has 3 heterocycles. The molecule has 0 saturated heterocycles. The number of amides is 1. The number of nitrogens with zero attached hydrogens (tertiary/aromatic N) is 6. The van der Waals surface area contributed by atoms with Crippen molar-refractivity contribution in [3.8, 4) is 23.0 Å². The van der Waals surface area contributed by atoms with Gasteiger partial charge in [-0.2, -0.15) is 5.10 Å². The van der Waals surface area contributed by atoms with Crippen molar-refractivity contribution in [3.05, 3.63) is 72.2 Å². The lowest BCUT2D eigenvalue weighted by molar-refractivity contribution is 0.0901. The number of hydrogen-bond donors (Lipinski definition) is 1. The standard InChI is InChI=1S/C24H24FN7O2/c1-3-34-17-8-9-19(26-14-17)23-29-28-22(32(23)21-7-5-4-6-18(21)25)15-12-16(13-15)27-24(33)20-10-11-31(2)30-20/h4-11,14-16H,3,12-13H2,1-2H3,(H,27,33). The summed E-state index contributed by atoms with van der Waals surface area (Å²) in [5, 5.41) is 15.9. The molecule has 0 unspecified atom stereocenters. The van der Waals surface area contributed by atoms with Crippen LogP contribution in [0.2, 0.25) is 0 Å². The molecule has 0 bridgehead atoms. The first-order chi connectivity index (χ1) is 16.5. The van der Waals surface area contributed by atoms with Gasteiger partial charge >= 0.3 is 0 Å². The fraction of sp³-hybridized carbons (Fsp3) is 0.292. The van der Waals surface area contributed by atoms with Crippen molar-refractivity contribution in [2.45, 2.75) is 31.7 Å². The van der Waals surface area contributed by atoms with E-state index in [4.69, 9.17) is 4.74 Å². The van der Waals surface area contributed by atoms with Gasteiger partial charge in [0.25, 0.3) is 5.91 Å². The number of aryl methyl sites for hydroxylation is 1. The van der Waals surface area contributed by atoms with E-state index in [1.54, 1.807) is 65.1 Å². The van der Waals surface area contributed by atoms with Gasteiger partial charge in [0.2, 0.25) is 0 Å². The average Bonchev–Trinajstić information content (AvgIpc) is 3.43. The number of rotatable bonds is 7. The van der Waals surface area contributed by atoms with E-state index in [0.29, 0.717) is 53.9 Å². The molecule has 0 radical (unpaired) electrons. The van der Waals surface area contributed by atoms with Crippen LogP contribution >= 0.6 is 0 Å². The number of benzene rings is 1. The zero-order chi connectivity index (χ0) is 23.7. The normalized spacial score (nSPS) is 17.3. The quantitative estimate of drug-likeness (QED) is 0.453. The zero-order valence-electron chi connectivity index (χ0n) is 18.8. The molecule has 0 atom stereocenters. The molecule has 0 aliphatic heterocycles. The van der Waals surface area contributed by atoms with Crippen LogP contribution in [0.3, 0.4) is 0 Å². The average molecular weight is 462 g/mol. The number of para-hydroxylation sites is 1. The second kappa shape index (κ2) is 9.05. The largest absolute Gasteiger partial charge is 0.492 e. The Kier molecular flexibility index (Phi) is 5.79. The van der Waals surface area contributed by atoms with Gasteiger partial charge in [0.05, 0.1) is 18.5 Å². The van der Waals surface area contributed by atoms with Crippen LogP contribution in [0.4, 0.5) is 4.39 Å². The second-order valence-electron chi connectivity index (χ2n) is 8.19. The smallest absolute Gasteiger partial charge is 0.271 e. The Morgan fingerprint density at radius 1 is 1.18 bits per heavy atom. The summed E-state index contributed by atoms with van der Waals surface area (Å²) in [6, 6.07) is 11.8. The van der Waals surface area contributed by atoms with Crippen molar-refractivity contribution in [2.24, 2.45) is 7.05 Å². The second-order valence-corrected chi connectivity index (χ2v) is 8.19. The number of pyridine rings is 1. The summed E-state index contributed by atoms with van der Waals surface area (Å²) >= 11 is 0. The van der Waals surface area contributed by atoms with Gasteiger partial charge in [0, 0.05) is 25.2 Å². The van der Waals surface area contributed by atoms with Crippen molar-refractivity contribution in [1.82, 2.24) is 34.8 Å². The molecule has 174 valence electrons. The maximum Gasteiger partial charge on any atom is 0.271 e. The Hall–Kier alpha value is -4.08. The highest BCUT2D eigenvalue weighted by molar-refractivity contribution is 5.92. The fourth-order valence-electron chi connectivity index (χ4n) is 4.10. The highest BCUT2D eigenvalue weighted by Gasteiger charge is 2.36. The molecule has 10 heteroatoms. The van der Waals surface area contributed by atoms with Crippen molar-refractivity contribution < 1.29 is 13.9 Å². The molecule has 1 aliphatic carbocycles. The molecule has 1 aromatic carbocycles. The van der Waals surface area contributed by atoms with E-state index in [-0.39, 0.29) is 23.7 Å². The van der Waals surface area contributed by atoms with Gasteiger partial charge in [-0.15, -0.1) is 10.2 Å². The minimum atomic E-state index is -0.380. The Morgan fingerprint density at radius 2 is 2.00 bits per heavy atom. The maximum atomic E-state index is 14.8. The van der Waals surface area contributed by atoms with Gasteiger partial charge in [-0.1, -0.05) is 12.1 Å². The molecule has 1 N–H and O–H groups in total. The predicted molar refractivity (Wildman–Crippen MR) is 122 cm³/mol. The number of halogens is 1. The number of ether oxygens (including phenoxy) is 1. The van der Waals surface area contributed by atoms with Crippen LogP contribution in [0.25, 0.3) is 17.2 Å². The lowest BCUT2D eigenvalue weighted by atomic mass is 9.79. The first kappa shape index (κ1) is 21.7. The molecule has 1 aliphatic rings. The van der Waals surface area contributed by atoms with E-state index in [1.807, 2.05) is 6.92 Å². The topological polar surface area (TPSA) is 99.8 Å². The molecule has 1 amide bonds. The minimum Gasteiger partial charge on any atom is -0.492 e. The molecular formula is C24H24FN7O2. The number of hydrogen-bond acceptors (Lipinski definition) is 6. The van der Waals surface area contributed by atoms with Gasteiger partial charge in [-0.05, 0) is 50.1 Å². The van der Waals surface area contributed by atoms with Crippen molar-refractivity contribution in [1.29, 1.82) is 0 Å². The summed E-state index contributed by atoms with van der Waals surface area (Å²) in [6.45, 7) is 2.44. The Balaban J connectivity index is 1.41. The maximum absolute atomic E-state index is 14.8. The summed E-state index contributed by atoms with van der Waals surface area (Å²) in [7, 11) is 1.77. The van der Waals surface area contributed by atoms with E-state index >= 15 is 0 Å². The third kappa shape index (κ3) is 4.14. The van der Waals surface area contributed by atoms with Crippen molar-refractivity contribution in [3.63, 3.8) is 0 Å². The van der Waals surface area contributed by atoms with Crippen LogP contribution in [0, 0.1) is 5.82 Å². The number of aromatic nitrogens is 6. The van der Waals surface area contributed by atoms with E-state index in [1.165, 1.54) is 6.07 Å². The van der Waals surface area contributed by atoms with Gasteiger partial charge in [-0.25, -0.2) is 9.37 Å². The third-order valence-electron chi connectivity index (χ3n) is 5.84. The lowest BCUT2D eigenvalue weighted by Gasteiger charge is -2.35. The summed E-state index contributed by atoms with van der Waals surface area (Å²) in [5.74, 6) is 1.16. The van der Waals surface area contributed by atoms with Crippen LogP contribution in [0.15, 0.2) is 54.9 Å². The molecule has 1 fully saturated rings. The molecule has 3 aromatic heterocycles. The number of carbonyl (C=O) groups is 1. The van der Waals surface area contributed by atoms with Crippen LogP contribution in [0.1, 0.15) is 42.0 Å². The molecular weight excluding hydrogens is 437 g/mol. The van der Waals surface area contributed by atoms with Gasteiger partial charge in [0.1, 0.15) is 28.8 Å². The lowest BCUT2D eigenvalue weighted by Crippen LogP contribution is -2.44. The number of nitrogens with one attached hydrogen (secondary N) is 1. The minimum absolute atomic E-state index is 0.0117. The van der Waals surface area contributed by atoms with Crippen LogP contribution in [-0.2, 0) is 7.05 Å². The van der Waals surface area contributed by atoms with Crippen molar-refractivity contribution >= 4 is 5.91 Å². The summed E-state index contributed by atoms with van der Waals surface area (Å²) in [5.41, 5.74) is 1.29. The van der Waals surface area contributed by atoms with Gasteiger partial charge in [-0.3, -0.25) is 14.0 Å². The van der Waals surface area contributed by atoms with Crippen molar-refractivity contribution in [2.75, 3.05) is 6.61 Å². The molecule has 0 spiro atoms. The van der Waals surface area contributed by atoms with Crippen LogP contribution in [-0.4, -0.2) is 48.1 Å². The molecule has 5 rings (SSSR count). The molecule has 1 saturated carbocycles. The van der Waals surface area contributed by atoms with Crippen LogP contribution in [0.5, 0.6) is 5.75 Å². The number of carbonyl (C=O) groups excluding carboxylic acids is 1. The summed E-state index contributed by atoms with van der Waals surface area (Å²) in [6.07, 6.45) is 4.68. The first-order valence-corrected chi connectivity index (χ1v) is 11.1. The highest BCUT2D eigenvalue weighted by Crippen LogP contribution is 2.39. The third-order valence-corrected chi connectivity index (χ3v) is 5.84. The zero-order valence-corrected chi connectivity index (χ0v) is 18.8. The van der Waals surface area contributed by atoms with Gasteiger partial charge < -0.3 is 10.1 Å². The predicted octanol–water partition coefficient (Wildman–Crippen LogP) is 3.28. The monoisotopic (exact) mass is 461 g/mol. The van der Waals surface area contributed by atoms with Crippen LogP contribution < -0.4 is 10.1 Å². The van der Waals surface area contributed by atoms with Gasteiger partial charge in [0.15, 0.2) is 5.82 Å².